The molecular weight excluding hydrogens is 224 g/mol. The Labute approximate surface area is 111 Å². The molecule has 102 valence electrons. The van der Waals surface area contributed by atoms with E-state index in [4.69, 9.17) is 0 Å². The van der Waals surface area contributed by atoms with Gasteiger partial charge in [0.1, 0.15) is 0 Å². The second kappa shape index (κ2) is 9.86. The van der Waals surface area contributed by atoms with Crippen molar-refractivity contribution < 1.29 is 4.79 Å². The molecule has 0 saturated heterocycles. The highest BCUT2D eigenvalue weighted by Crippen LogP contribution is 2.15. The molecule has 0 heterocycles. The van der Waals surface area contributed by atoms with Crippen molar-refractivity contribution in [2.75, 3.05) is 0 Å². The molecule has 0 fully saturated rings. The number of unbranched alkanes of at least 4 members (excludes halogenated alkanes) is 4. The number of allylic oxidation sites excluding steroid dienone is 2. The van der Waals surface area contributed by atoms with Crippen LogP contribution in [0.5, 0.6) is 0 Å². The number of hydrogen-bond donors (Lipinski definition) is 1. The first-order chi connectivity index (χ1) is 8.83. The van der Waals surface area contributed by atoms with E-state index in [1.165, 1.54) is 19.3 Å². The second-order valence-corrected chi connectivity index (χ2v) is 5.02. The first-order valence-corrected chi connectivity index (χ1v) is 7.30. The molecule has 0 aromatic carbocycles. The lowest BCUT2D eigenvalue weighted by Gasteiger charge is -2.11. The van der Waals surface area contributed by atoms with E-state index in [1.54, 1.807) is 0 Å². The molecule has 0 aromatic rings. The quantitative estimate of drug-likeness (QED) is 0.303. The molecule has 1 amide bonds. The summed E-state index contributed by atoms with van der Waals surface area (Å²) in [6.07, 6.45) is 16.1. The highest BCUT2D eigenvalue weighted by molar-refractivity contribution is 5.76. The van der Waals surface area contributed by atoms with Gasteiger partial charge in [-0.3, -0.25) is 4.79 Å². The Balaban J connectivity index is 2.02. The van der Waals surface area contributed by atoms with E-state index < -0.39 is 0 Å². The second-order valence-electron chi connectivity index (χ2n) is 5.02. The van der Waals surface area contributed by atoms with Crippen LogP contribution in [0.3, 0.4) is 0 Å². The van der Waals surface area contributed by atoms with E-state index in [1.807, 2.05) is 6.21 Å². The summed E-state index contributed by atoms with van der Waals surface area (Å²) in [5.41, 5.74) is 2.63. The van der Waals surface area contributed by atoms with Crippen molar-refractivity contribution in [1.29, 1.82) is 0 Å². The highest BCUT2D eigenvalue weighted by Gasteiger charge is 2.06. The fraction of sp³-hybridized carbons (Fsp3) is 0.733. The number of rotatable bonds is 8. The van der Waals surface area contributed by atoms with Crippen LogP contribution in [0.4, 0.5) is 0 Å². The summed E-state index contributed by atoms with van der Waals surface area (Å²) in [5.74, 6) is 0.550. The van der Waals surface area contributed by atoms with Gasteiger partial charge >= 0.3 is 0 Å². The lowest BCUT2D eigenvalue weighted by atomic mass is 9.96. The Morgan fingerprint density at radius 1 is 1.33 bits per heavy atom. The molecule has 1 aliphatic rings. The van der Waals surface area contributed by atoms with Crippen molar-refractivity contribution in [1.82, 2.24) is 5.43 Å². The molecule has 0 radical (unpaired) electrons. The first kappa shape index (κ1) is 14.9. The summed E-state index contributed by atoms with van der Waals surface area (Å²) in [4.78, 5) is 11.5. The average Bonchev–Trinajstić information content (AvgIpc) is 2.40. The standard InChI is InChI=1S/C15H26N2O/c1-2-3-4-5-9-12-15(18)17-16-13-14-10-7-6-8-11-14/h6-7,13-14H,2-5,8-12H2,1H3,(H,17,18)/b16-13-/t14-/m0/s1. The summed E-state index contributed by atoms with van der Waals surface area (Å²) in [5, 5.41) is 4.05. The number of nitrogens with one attached hydrogen (secondary N) is 1. The zero-order valence-corrected chi connectivity index (χ0v) is 11.5. The SMILES string of the molecule is CCCCCCCC(=O)N/N=C\[C@H]1CC=CCC1. The Kier molecular flexibility index (Phi) is 8.19. The number of carbonyl (C=O) groups excluding carboxylic acids is 1. The Morgan fingerprint density at radius 3 is 2.89 bits per heavy atom. The smallest absolute Gasteiger partial charge is 0.240 e. The van der Waals surface area contributed by atoms with Crippen molar-refractivity contribution >= 4 is 12.1 Å². The molecule has 0 unspecified atom stereocenters. The van der Waals surface area contributed by atoms with Crippen molar-refractivity contribution in [2.24, 2.45) is 11.0 Å². The normalized spacial score (nSPS) is 19.3. The number of carbonyl (C=O) groups is 1. The van der Waals surface area contributed by atoms with Crippen molar-refractivity contribution in [3.63, 3.8) is 0 Å². The maximum absolute atomic E-state index is 11.5. The van der Waals surface area contributed by atoms with Crippen LogP contribution in [0.2, 0.25) is 0 Å². The van der Waals surface area contributed by atoms with E-state index in [9.17, 15) is 4.79 Å². The van der Waals surface area contributed by atoms with E-state index in [-0.39, 0.29) is 5.91 Å². The molecule has 3 heteroatoms. The maximum atomic E-state index is 11.5. The lowest BCUT2D eigenvalue weighted by molar-refractivity contribution is -0.121. The van der Waals surface area contributed by atoms with Crippen LogP contribution in [0.25, 0.3) is 0 Å². The number of hydrogen-bond acceptors (Lipinski definition) is 2. The minimum absolute atomic E-state index is 0.0501. The van der Waals surface area contributed by atoms with Crippen LogP contribution < -0.4 is 5.43 Å². The van der Waals surface area contributed by atoms with Gasteiger partial charge in [0, 0.05) is 12.6 Å². The maximum Gasteiger partial charge on any atom is 0.240 e. The van der Waals surface area contributed by atoms with Crippen molar-refractivity contribution in [3.05, 3.63) is 12.2 Å². The molecule has 1 atom stereocenters. The van der Waals surface area contributed by atoms with E-state index in [0.29, 0.717) is 12.3 Å². The zero-order valence-electron chi connectivity index (χ0n) is 11.5. The third-order valence-electron chi connectivity index (χ3n) is 3.29. The van der Waals surface area contributed by atoms with Gasteiger partial charge < -0.3 is 0 Å². The Morgan fingerprint density at radius 2 is 2.17 bits per heavy atom. The molecule has 1 N–H and O–H groups in total. The summed E-state index contributed by atoms with van der Waals surface area (Å²) in [7, 11) is 0. The van der Waals surface area contributed by atoms with Gasteiger partial charge in [0.15, 0.2) is 0 Å². The minimum atomic E-state index is 0.0501. The van der Waals surface area contributed by atoms with Crippen LogP contribution in [-0.4, -0.2) is 12.1 Å². The molecule has 18 heavy (non-hydrogen) atoms. The molecule has 0 saturated carbocycles. The molecule has 0 aliphatic heterocycles. The van der Waals surface area contributed by atoms with Gasteiger partial charge in [0.05, 0.1) is 0 Å². The number of amides is 1. The largest absolute Gasteiger partial charge is 0.273 e. The molecule has 3 nitrogen and oxygen atoms in total. The van der Waals surface area contributed by atoms with Gasteiger partial charge in [-0.15, -0.1) is 0 Å². The minimum Gasteiger partial charge on any atom is -0.273 e. The third-order valence-corrected chi connectivity index (χ3v) is 3.29. The molecular formula is C15H26N2O. The van der Waals surface area contributed by atoms with Gasteiger partial charge in [0.25, 0.3) is 0 Å². The lowest BCUT2D eigenvalue weighted by Crippen LogP contribution is -2.18. The molecule has 1 rings (SSSR count). The van der Waals surface area contributed by atoms with Crippen LogP contribution in [0.15, 0.2) is 17.3 Å². The van der Waals surface area contributed by atoms with Gasteiger partial charge in [0.2, 0.25) is 5.91 Å². The van der Waals surface area contributed by atoms with Gasteiger partial charge in [-0.25, -0.2) is 5.43 Å². The number of hydrazone groups is 1. The van der Waals surface area contributed by atoms with E-state index in [0.717, 1.165) is 32.1 Å². The molecule has 0 spiro atoms. The summed E-state index contributed by atoms with van der Waals surface area (Å²) < 4.78 is 0. The molecule has 0 bridgehead atoms. The van der Waals surface area contributed by atoms with E-state index >= 15 is 0 Å². The van der Waals surface area contributed by atoms with Gasteiger partial charge in [-0.05, 0) is 31.6 Å². The summed E-state index contributed by atoms with van der Waals surface area (Å²) >= 11 is 0. The predicted molar refractivity (Wildman–Crippen MR) is 76.5 cm³/mol. The predicted octanol–water partition coefficient (Wildman–Crippen LogP) is 3.81. The zero-order chi connectivity index (χ0) is 13.1. The molecule has 1 aliphatic carbocycles. The monoisotopic (exact) mass is 250 g/mol. The average molecular weight is 250 g/mol. The third kappa shape index (κ3) is 7.25. The van der Waals surface area contributed by atoms with Crippen molar-refractivity contribution in [3.8, 4) is 0 Å². The van der Waals surface area contributed by atoms with Crippen molar-refractivity contribution in [2.45, 2.75) is 64.7 Å². The summed E-state index contributed by atoms with van der Waals surface area (Å²) in [6.45, 7) is 2.20. The fourth-order valence-electron chi connectivity index (χ4n) is 2.11. The van der Waals surface area contributed by atoms with Crippen LogP contribution in [0.1, 0.15) is 64.7 Å². The highest BCUT2D eigenvalue weighted by atomic mass is 16.2. The topological polar surface area (TPSA) is 41.5 Å². The van der Waals surface area contributed by atoms with Gasteiger partial charge in [-0.2, -0.15) is 5.10 Å². The van der Waals surface area contributed by atoms with Crippen LogP contribution in [0, 0.1) is 5.92 Å². The van der Waals surface area contributed by atoms with Gasteiger partial charge in [-0.1, -0.05) is 44.8 Å². The Bertz CT molecular complexity index is 284. The summed E-state index contributed by atoms with van der Waals surface area (Å²) in [6, 6.07) is 0. The van der Waals surface area contributed by atoms with Crippen LogP contribution in [-0.2, 0) is 4.79 Å². The fourth-order valence-corrected chi connectivity index (χ4v) is 2.11. The molecule has 0 aromatic heterocycles. The van der Waals surface area contributed by atoms with E-state index in [2.05, 4.69) is 29.6 Å². The first-order valence-electron chi connectivity index (χ1n) is 7.30. The number of nitrogens with zero attached hydrogens (tertiary/aromatic N) is 1. The van der Waals surface area contributed by atoms with Crippen LogP contribution >= 0.6 is 0 Å². The Hall–Kier alpha value is -1.12.